The lowest BCUT2D eigenvalue weighted by Gasteiger charge is -2.27. The van der Waals surface area contributed by atoms with Gasteiger partial charge < -0.3 is 15.7 Å². The van der Waals surface area contributed by atoms with Gasteiger partial charge in [0.1, 0.15) is 0 Å². The van der Waals surface area contributed by atoms with Crippen LogP contribution in [0.1, 0.15) is 26.2 Å². The van der Waals surface area contributed by atoms with Crippen LogP contribution >= 0.6 is 11.8 Å². The first-order valence-electron chi connectivity index (χ1n) is 5.86. The van der Waals surface area contributed by atoms with Crippen LogP contribution < -0.4 is 10.6 Å². The smallest absolute Gasteiger partial charge is 0.237 e. The van der Waals surface area contributed by atoms with Crippen LogP contribution in [0.2, 0.25) is 0 Å². The largest absolute Gasteiger partial charge is 0.395 e. The molecule has 4 nitrogen and oxygen atoms in total. The van der Waals surface area contributed by atoms with E-state index in [4.69, 9.17) is 5.11 Å². The van der Waals surface area contributed by atoms with E-state index in [-0.39, 0.29) is 29.8 Å². The van der Waals surface area contributed by atoms with Crippen LogP contribution in [0.4, 0.5) is 0 Å². The average molecular weight is 246 g/mol. The summed E-state index contributed by atoms with van der Waals surface area (Å²) in [5.41, 5.74) is 0. The van der Waals surface area contributed by atoms with E-state index < -0.39 is 0 Å². The summed E-state index contributed by atoms with van der Waals surface area (Å²) >= 11 is 1.58. The maximum Gasteiger partial charge on any atom is 0.237 e. The molecule has 1 rings (SSSR count). The molecule has 0 aromatic heterocycles. The zero-order valence-corrected chi connectivity index (χ0v) is 10.8. The van der Waals surface area contributed by atoms with Gasteiger partial charge in [0, 0.05) is 11.3 Å². The molecule has 3 N–H and O–H groups in total. The molecule has 0 saturated carbocycles. The van der Waals surface area contributed by atoms with Crippen LogP contribution in [-0.2, 0) is 4.79 Å². The van der Waals surface area contributed by atoms with Crippen molar-refractivity contribution in [3.05, 3.63) is 0 Å². The van der Waals surface area contributed by atoms with E-state index in [1.54, 1.807) is 11.8 Å². The number of hydrogen-bond donors (Lipinski definition) is 3. The molecule has 0 bridgehead atoms. The first kappa shape index (κ1) is 13.8. The standard InChI is InChI=1S/C11H22N2O2S/c1-8(10(7-14)16-2)13-11(15)9-5-3-4-6-12-9/h8-10,12,14H,3-7H2,1-2H3,(H,13,15)/t8?,9-,10?/m0/s1. The van der Waals surface area contributed by atoms with Crippen LogP contribution in [-0.4, -0.2) is 47.8 Å². The molecule has 1 aliphatic rings. The number of aliphatic hydroxyl groups excluding tert-OH is 1. The summed E-state index contributed by atoms with van der Waals surface area (Å²) in [6.45, 7) is 2.97. The van der Waals surface area contributed by atoms with Gasteiger partial charge in [0.15, 0.2) is 0 Å². The summed E-state index contributed by atoms with van der Waals surface area (Å²) in [5.74, 6) is 0.0692. The van der Waals surface area contributed by atoms with Gasteiger partial charge in [0.2, 0.25) is 5.91 Å². The summed E-state index contributed by atoms with van der Waals surface area (Å²) in [4.78, 5) is 11.9. The number of piperidine rings is 1. The van der Waals surface area contributed by atoms with Crippen LogP contribution in [0.25, 0.3) is 0 Å². The Balaban J connectivity index is 2.37. The highest BCUT2D eigenvalue weighted by Crippen LogP contribution is 2.12. The van der Waals surface area contributed by atoms with Gasteiger partial charge in [0.05, 0.1) is 12.6 Å². The normalized spacial score (nSPS) is 24.8. The number of hydrogen-bond acceptors (Lipinski definition) is 4. The molecule has 0 radical (unpaired) electrons. The molecule has 16 heavy (non-hydrogen) atoms. The van der Waals surface area contributed by atoms with Crippen LogP contribution in [0, 0.1) is 0 Å². The molecule has 94 valence electrons. The highest BCUT2D eigenvalue weighted by Gasteiger charge is 2.24. The van der Waals surface area contributed by atoms with E-state index in [0.29, 0.717) is 0 Å². The third kappa shape index (κ3) is 3.96. The number of nitrogens with one attached hydrogen (secondary N) is 2. The van der Waals surface area contributed by atoms with Crippen molar-refractivity contribution in [3.8, 4) is 0 Å². The van der Waals surface area contributed by atoms with Crippen LogP contribution in [0.15, 0.2) is 0 Å². The Morgan fingerprint density at radius 1 is 1.62 bits per heavy atom. The average Bonchev–Trinajstić information content (AvgIpc) is 2.31. The first-order chi connectivity index (χ1) is 7.69. The molecular formula is C11H22N2O2S. The zero-order valence-electron chi connectivity index (χ0n) is 10.0. The fraction of sp³-hybridized carbons (Fsp3) is 0.909. The van der Waals surface area contributed by atoms with Crippen molar-refractivity contribution in [1.82, 2.24) is 10.6 Å². The molecule has 0 aromatic carbocycles. The second-order valence-electron chi connectivity index (χ2n) is 4.26. The predicted octanol–water partition coefficient (Wildman–Crippen LogP) is 0.357. The SMILES string of the molecule is CSC(CO)C(C)NC(=O)[C@@H]1CCCCN1. The molecular weight excluding hydrogens is 224 g/mol. The van der Waals surface area contributed by atoms with E-state index in [0.717, 1.165) is 25.8 Å². The summed E-state index contributed by atoms with van der Waals surface area (Å²) in [6.07, 6.45) is 5.14. The van der Waals surface area contributed by atoms with E-state index in [9.17, 15) is 4.79 Å². The summed E-state index contributed by atoms with van der Waals surface area (Å²) < 4.78 is 0. The summed E-state index contributed by atoms with van der Waals surface area (Å²) in [6, 6.07) is -0.0337. The van der Waals surface area contributed by atoms with Crippen molar-refractivity contribution in [2.24, 2.45) is 0 Å². The topological polar surface area (TPSA) is 61.4 Å². The lowest BCUT2D eigenvalue weighted by molar-refractivity contribution is -0.124. The van der Waals surface area contributed by atoms with Gasteiger partial charge in [-0.15, -0.1) is 0 Å². The minimum atomic E-state index is -0.0441. The summed E-state index contributed by atoms with van der Waals surface area (Å²) in [5, 5.41) is 15.4. The molecule has 2 unspecified atom stereocenters. The van der Waals surface area contributed by atoms with Gasteiger partial charge in [-0.05, 0) is 32.6 Å². The van der Waals surface area contributed by atoms with E-state index >= 15 is 0 Å². The number of amides is 1. The molecule has 0 aliphatic carbocycles. The molecule has 1 saturated heterocycles. The molecule has 1 heterocycles. The van der Waals surface area contributed by atoms with Gasteiger partial charge in [0.25, 0.3) is 0 Å². The van der Waals surface area contributed by atoms with Crippen LogP contribution in [0.3, 0.4) is 0 Å². The molecule has 0 spiro atoms. The molecule has 3 atom stereocenters. The molecule has 1 amide bonds. The number of aliphatic hydroxyl groups is 1. The van der Waals surface area contributed by atoms with Gasteiger partial charge in [-0.3, -0.25) is 4.79 Å². The summed E-state index contributed by atoms with van der Waals surface area (Å²) in [7, 11) is 0. The number of rotatable bonds is 5. The highest BCUT2D eigenvalue weighted by molar-refractivity contribution is 7.99. The fourth-order valence-corrected chi connectivity index (χ4v) is 2.56. The van der Waals surface area contributed by atoms with Gasteiger partial charge >= 0.3 is 0 Å². The Kier molecular flexibility index (Phi) is 6.16. The van der Waals surface area contributed by atoms with Gasteiger partial charge in [-0.25, -0.2) is 0 Å². The quantitative estimate of drug-likeness (QED) is 0.655. The Bertz CT molecular complexity index is 216. The van der Waals surface area contributed by atoms with Crippen molar-refractivity contribution in [1.29, 1.82) is 0 Å². The van der Waals surface area contributed by atoms with E-state index in [1.807, 2.05) is 13.2 Å². The molecule has 1 aliphatic heterocycles. The zero-order chi connectivity index (χ0) is 12.0. The Labute approximate surface area is 102 Å². The molecule has 1 fully saturated rings. The number of thioether (sulfide) groups is 1. The Hall–Kier alpha value is -0.260. The number of carbonyl (C=O) groups is 1. The van der Waals surface area contributed by atoms with Crippen LogP contribution in [0.5, 0.6) is 0 Å². The number of carbonyl (C=O) groups excluding carboxylic acids is 1. The monoisotopic (exact) mass is 246 g/mol. The van der Waals surface area contributed by atoms with Gasteiger partial charge in [-0.2, -0.15) is 11.8 Å². The Morgan fingerprint density at radius 2 is 2.38 bits per heavy atom. The molecule has 5 heteroatoms. The second-order valence-corrected chi connectivity index (χ2v) is 5.33. The minimum absolute atomic E-state index is 0.0104. The highest BCUT2D eigenvalue weighted by atomic mass is 32.2. The third-order valence-electron chi connectivity index (χ3n) is 3.04. The van der Waals surface area contributed by atoms with Crippen molar-refractivity contribution < 1.29 is 9.90 Å². The van der Waals surface area contributed by atoms with Gasteiger partial charge in [-0.1, -0.05) is 6.42 Å². The first-order valence-corrected chi connectivity index (χ1v) is 7.15. The lowest BCUT2D eigenvalue weighted by atomic mass is 10.0. The van der Waals surface area contributed by atoms with E-state index in [1.165, 1.54) is 0 Å². The maximum atomic E-state index is 11.9. The fourth-order valence-electron chi connectivity index (χ4n) is 1.93. The lowest BCUT2D eigenvalue weighted by Crippen LogP contribution is -2.51. The minimum Gasteiger partial charge on any atom is -0.395 e. The Morgan fingerprint density at radius 3 is 2.88 bits per heavy atom. The van der Waals surface area contributed by atoms with E-state index in [2.05, 4.69) is 10.6 Å². The second kappa shape index (κ2) is 7.14. The van der Waals surface area contributed by atoms with Crippen molar-refractivity contribution in [3.63, 3.8) is 0 Å². The predicted molar refractivity (Wildman–Crippen MR) is 67.6 cm³/mol. The van der Waals surface area contributed by atoms with Crippen molar-refractivity contribution in [2.45, 2.75) is 43.5 Å². The van der Waals surface area contributed by atoms with Crippen molar-refractivity contribution in [2.75, 3.05) is 19.4 Å². The molecule has 0 aromatic rings. The maximum absolute atomic E-state index is 11.9. The van der Waals surface area contributed by atoms with Crippen molar-refractivity contribution >= 4 is 17.7 Å². The third-order valence-corrected chi connectivity index (χ3v) is 4.20.